The second-order valence-corrected chi connectivity index (χ2v) is 8.01. The number of benzene rings is 1. The molecule has 1 aromatic carbocycles. The van der Waals surface area contributed by atoms with E-state index in [9.17, 15) is 14.7 Å². The summed E-state index contributed by atoms with van der Waals surface area (Å²) in [4.78, 5) is 31.7. The number of hydrogen-bond acceptors (Lipinski definition) is 6. The van der Waals surface area contributed by atoms with E-state index in [-0.39, 0.29) is 33.5 Å². The molecule has 1 aliphatic rings. The van der Waals surface area contributed by atoms with Gasteiger partial charge in [0, 0.05) is 11.2 Å². The van der Waals surface area contributed by atoms with Gasteiger partial charge in [0.2, 0.25) is 0 Å². The Morgan fingerprint density at radius 3 is 2.62 bits per heavy atom. The SMILES string of the molecule is COc1c(Cl)cc(Cl)cc1/C(O)=C1\C(=O)C(=O)N(Cc2ccccn2)C1c1ccc(C)o1. The molecule has 164 valence electrons. The van der Waals surface area contributed by atoms with E-state index in [0.29, 0.717) is 17.2 Å². The molecule has 1 aliphatic heterocycles. The first-order valence-corrected chi connectivity index (χ1v) is 10.4. The Bertz CT molecular complexity index is 1240. The highest BCUT2D eigenvalue weighted by Crippen LogP contribution is 2.44. The van der Waals surface area contributed by atoms with Crippen LogP contribution in [0.5, 0.6) is 5.75 Å². The molecule has 1 saturated heterocycles. The van der Waals surface area contributed by atoms with Crippen LogP contribution in [0.15, 0.2) is 58.7 Å². The largest absolute Gasteiger partial charge is 0.507 e. The van der Waals surface area contributed by atoms with Gasteiger partial charge in [0.25, 0.3) is 11.7 Å². The van der Waals surface area contributed by atoms with E-state index < -0.39 is 23.5 Å². The van der Waals surface area contributed by atoms with Crippen molar-refractivity contribution in [2.75, 3.05) is 7.11 Å². The van der Waals surface area contributed by atoms with Crippen LogP contribution >= 0.6 is 23.2 Å². The van der Waals surface area contributed by atoms with Crippen LogP contribution in [-0.4, -0.2) is 33.8 Å². The monoisotopic (exact) mass is 472 g/mol. The fraction of sp³-hybridized carbons (Fsp3) is 0.174. The molecule has 3 heterocycles. The van der Waals surface area contributed by atoms with E-state index in [1.54, 1.807) is 43.5 Å². The number of aromatic nitrogens is 1. The molecule has 7 nitrogen and oxygen atoms in total. The number of hydrogen-bond donors (Lipinski definition) is 1. The topological polar surface area (TPSA) is 92.9 Å². The van der Waals surface area contributed by atoms with Crippen LogP contribution in [0.2, 0.25) is 10.0 Å². The lowest BCUT2D eigenvalue weighted by atomic mass is 9.98. The highest BCUT2D eigenvalue weighted by Gasteiger charge is 2.48. The Morgan fingerprint density at radius 2 is 2.00 bits per heavy atom. The summed E-state index contributed by atoms with van der Waals surface area (Å²) in [7, 11) is 1.37. The molecule has 0 radical (unpaired) electrons. The first-order valence-electron chi connectivity index (χ1n) is 9.60. The zero-order valence-corrected chi connectivity index (χ0v) is 18.6. The molecule has 1 atom stereocenters. The number of rotatable bonds is 5. The van der Waals surface area contributed by atoms with Gasteiger partial charge in [-0.1, -0.05) is 29.3 Å². The lowest BCUT2D eigenvalue weighted by Gasteiger charge is -2.23. The van der Waals surface area contributed by atoms with Crippen molar-refractivity contribution >= 4 is 40.7 Å². The van der Waals surface area contributed by atoms with E-state index in [4.69, 9.17) is 32.4 Å². The fourth-order valence-corrected chi connectivity index (χ4v) is 4.26. The van der Waals surface area contributed by atoms with E-state index in [2.05, 4.69) is 4.98 Å². The number of ketones is 1. The Hall–Kier alpha value is -3.29. The molecule has 1 unspecified atom stereocenters. The summed E-state index contributed by atoms with van der Waals surface area (Å²) in [5, 5.41) is 11.6. The molecule has 4 rings (SSSR count). The zero-order valence-electron chi connectivity index (χ0n) is 17.1. The summed E-state index contributed by atoms with van der Waals surface area (Å²) in [6.07, 6.45) is 1.59. The molecule has 0 spiro atoms. The van der Waals surface area contributed by atoms with Crippen molar-refractivity contribution in [2.45, 2.75) is 19.5 Å². The minimum Gasteiger partial charge on any atom is -0.507 e. The van der Waals surface area contributed by atoms with Crippen molar-refractivity contribution in [3.63, 3.8) is 0 Å². The summed E-state index contributed by atoms with van der Waals surface area (Å²) in [5.41, 5.74) is 0.511. The predicted octanol–water partition coefficient (Wildman–Crippen LogP) is 4.92. The van der Waals surface area contributed by atoms with E-state index >= 15 is 0 Å². The third-order valence-electron chi connectivity index (χ3n) is 5.10. The Kier molecular flexibility index (Phi) is 5.95. The molecule has 1 fully saturated rings. The number of likely N-dealkylation sites (tertiary alicyclic amines) is 1. The molecular formula is C23H18Cl2N2O5. The summed E-state index contributed by atoms with van der Waals surface area (Å²) < 4.78 is 11.1. The first-order chi connectivity index (χ1) is 15.3. The molecular weight excluding hydrogens is 455 g/mol. The highest BCUT2D eigenvalue weighted by atomic mass is 35.5. The average Bonchev–Trinajstić information content (AvgIpc) is 3.30. The van der Waals surface area contributed by atoms with Crippen molar-refractivity contribution < 1.29 is 23.8 Å². The van der Waals surface area contributed by atoms with Crippen molar-refractivity contribution in [1.29, 1.82) is 0 Å². The molecule has 0 saturated carbocycles. The highest BCUT2D eigenvalue weighted by molar-refractivity contribution is 6.46. The van der Waals surface area contributed by atoms with Crippen LogP contribution in [0.3, 0.4) is 0 Å². The Labute approximate surface area is 193 Å². The van der Waals surface area contributed by atoms with Crippen molar-refractivity contribution in [1.82, 2.24) is 9.88 Å². The van der Waals surface area contributed by atoms with E-state index in [1.165, 1.54) is 24.1 Å². The number of furan rings is 1. The quantitative estimate of drug-likeness (QED) is 0.321. The smallest absolute Gasteiger partial charge is 0.296 e. The standard InChI is InChI=1S/C23H18Cl2N2O5/c1-12-6-7-17(32-12)19-18(20(28)15-9-13(24)10-16(25)22(15)31-2)21(29)23(30)27(19)11-14-5-3-4-8-26-14/h3-10,19,28H,11H2,1-2H3/b20-18+. The summed E-state index contributed by atoms with van der Waals surface area (Å²) in [6, 6.07) is 10.5. The van der Waals surface area contributed by atoms with Crippen LogP contribution in [-0.2, 0) is 16.1 Å². The van der Waals surface area contributed by atoms with E-state index in [0.717, 1.165) is 0 Å². The number of amides is 1. The van der Waals surface area contributed by atoms with Gasteiger partial charge in [-0.3, -0.25) is 14.6 Å². The maximum absolute atomic E-state index is 13.1. The zero-order chi connectivity index (χ0) is 23.0. The second kappa shape index (κ2) is 8.68. The molecule has 0 bridgehead atoms. The van der Waals surface area contributed by atoms with Crippen LogP contribution in [0.4, 0.5) is 0 Å². The molecule has 2 aromatic heterocycles. The van der Waals surface area contributed by atoms with Gasteiger partial charge in [-0.05, 0) is 43.3 Å². The third kappa shape index (κ3) is 3.85. The van der Waals surface area contributed by atoms with Crippen molar-refractivity contribution in [3.8, 4) is 5.75 Å². The molecule has 0 aliphatic carbocycles. The maximum atomic E-state index is 13.1. The van der Waals surface area contributed by atoms with Gasteiger partial charge in [0.05, 0.1) is 35.5 Å². The van der Waals surface area contributed by atoms with Gasteiger partial charge in [-0.15, -0.1) is 0 Å². The van der Waals surface area contributed by atoms with Crippen LogP contribution in [0, 0.1) is 6.92 Å². The minimum absolute atomic E-state index is 0.0417. The minimum atomic E-state index is -0.979. The number of halogens is 2. The Balaban J connectivity index is 1.92. The first kappa shape index (κ1) is 21.9. The summed E-state index contributed by atoms with van der Waals surface area (Å²) in [5.74, 6) is -1.08. The number of Topliss-reactive ketones (excluding diaryl/α,β-unsaturated/α-hetero) is 1. The van der Waals surface area contributed by atoms with Crippen LogP contribution in [0.25, 0.3) is 5.76 Å². The van der Waals surface area contributed by atoms with Gasteiger partial charge < -0.3 is 19.2 Å². The number of aliphatic hydroxyl groups is 1. The normalized spacial score (nSPS) is 17.8. The van der Waals surface area contributed by atoms with Gasteiger partial charge in [0.15, 0.2) is 0 Å². The summed E-state index contributed by atoms with van der Waals surface area (Å²) >= 11 is 12.3. The van der Waals surface area contributed by atoms with Crippen LogP contribution < -0.4 is 4.74 Å². The van der Waals surface area contributed by atoms with Crippen molar-refractivity contribution in [3.05, 3.63) is 87.1 Å². The van der Waals surface area contributed by atoms with Gasteiger partial charge in [0.1, 0.15) is 29.1 Å². The lowest BCUT2D eigenvalue weighted by Crippen LogP contribution is -2.29. The second-order valence-electron chi connectivity index (χ2n) is 7.16. The number of carbonyl (C=O) groups is 2. The number of methoxy groups -OCH3 is 1. The van der Waals surface area contributed by atoms with Gasteiger partial charge in [-0.2, -0.15) is 0 Å². The van der Waals surface area contributed by atoms with Gasteiger partial charge in [-0.25, -0.2) is 0 Å². The number of aryl methyl sites for hydroxylation is 1. The number of aliphatic hydroxyl groups excluding tert-OH is 1. The molecule has 9 heteroatoms. The fourth-order valence-electron chi connectivity index (χ4n) is 3.69. The predicted molar refractivity (Wildman–Crippen MR) is 119 cm³/mol. The summed E-state index contributed by atoms with van der Waals surface area (Å²) in [6.45, 7) is 1.79. The maximum Gasteiger partial charge on any atom is 0.296 e. The number of nitrogens with zero attached hydrogens (tertiary/aromatic N) is 2. The number of carbonyl (C=O) groups excluding carboxylic acids is 2. The average molecular weight is 473 g/mol. The Morgan fingerprint density at radius 1 is 1.22 bits per heavy atom. The van der Waals surface area contributed by atoms with Gasteiger partial charge >= 0.3 is 0 Å². The van der Waals surface area contributed by atoms with E-state index in [1.807, 2.05) is 0 Å². The van der Waals surface area contributed by atoms with Crippen molar-refractivity contribution in [2.24, 2.45) is 0 Å². The molecule has 3 aromatic rings. The molecule has 1 N–H and O–H groups in total. The third-order valence-corrected chi connectivity index (χ3v) is 5.60. The lowest BCUT2D eigenvalue weighted by molar-refractivity contribution is -0.140. The molecule has 32 heavy (non-hydrogen) atoms. The van der Waals surface area contributed by atoms with Crippen LogP contribution in [0.1, 0.15) is 28.8 Å². The number of ether oxygens (including phenoxy) is 1. The molecule has 1 amide bonds. The number of pyridine rings is 1.